The lowest BCUT2D eigenvalue weighted by Crippen LogP contribution is -2.25. The Morgan fingerprint density at radius 1 is 1.11 bits per heavy atom. The third kappa shape index (κ3) is 4.78. The number of benzene rings is 1. The van der Waals surface area contributed by atoms with E-state index in [0.717, 1.165) is 25.9 Å². The van der Waals surface area contributed by atoms with E-state index in [1.807, 2.05) is 17.4 Å². The Morgan fingerprint density at radius 2 is 1.89 bits per heavy atom. The number of likely N-dealkylation sites (N-methyl/N-ethyl adjacent to an activating group) is 1. The van der Waals surface area contributed by atoms with E-state index >= 15 is 0 Å². The molecule has 102 valence electrons. The van der Waals surface area contributed by atoms with Crippen molar-refractivity contribution in [3.05, 3.63) is 58.3 Å². The second kappa shape index (κ2) is 7.43. The topological polar surface area (TPSA) is 29.3 Å². The first-order chi connectivity index (χ1) is 9.25. The van der Waals surface area contributed by atoms with E-state index in [0.29, 0.717) is 0 Å². The van der Waals surface area contributed by atoms with Gasteiger partial charge in [0.2, 0.25) is 0 Å². The maximum atomic E-state index is 6.21. The van der Waals surface area contributed by atoms with Gasteiger partial charge in [-0.2, -0.15) is 0 Å². The summed E-state index contributed by atoms with van der Waals surface area (Å²) in [7, 11) is 2.17. The molecular formula is C16H22N2S. The maximum absolute atomic E-state index is 6.21. The molecule has 0 spiro atoms. The Morgan fingerprint density at radius 3 is 2.58 bits per heavy atom. The lowest BCUT2D eigenvalue weighted by Gasteiger charge is -2.19. The highest BCUT2D eigenvalue weighted by Gasteiger charge is 2.07. The molecule has 2 rings (SSSR count). The number of hydrogen-bond donors (Lipinski definition) is 1. The molecule has 0 fully saturated rings. The molecular weight excluding hydrogens is 252 g/mol. The summed E-state index contributed by atoms with van der Waals surface area (Å²) >= 11 is 1.83. The van der Waals surface area contributed by atoms with Gasteiger partial charge in [-0.25, -0.2) is 0 Å². The number of rotatable bonds is 7. The van der Waals surface area contributed by atoms with Gasteiger partial charge < -0.3 is 10.6 Å². The van der Waals surface area contributed by atoms with Crippen molar-refractivity contribution in [2.24, 2.45) is 5.73 Å². The summed E-state index contributed by atoms with van der Waals surface area (Å²) in [5, 5.41) is 2.14. The van der Waals surface area contributed by atoms with E-state index in [1.165, 1.54) is 10.4 Å². The molecule has 0 radical (unpaired) electrons. The monoisotopic (exact) mass is 274 g/mol. The second-order valence-electron chi connectivity index (χ2n) is 4.94. The molecule has 2 nitrogen and oxygen atoms in total. The van der Waals surface area contributed by atoms with Crippen LogP contribution >= 0.6 is 11.3 Å². The smallest absolute Gasteiger partial charge is 0.0307 e. The molecule has 2 aromatic rings. The molecule has 0 aliphatic carbocycles. The van der Waals surface area contributed by atoms with Crippen LogP contribution in [0.2, 0.25) is 0 Å². The second-order valence-corrected chi connectivity index (χ2v) is 5.97. The highest BCUT2D eigenvalue weighted by Crippen LogP contribution is 2.14. The first-order valence-electron chi connectivity index (χ1n) is 6.77. The van der Waals surface area contributed by atoms with Crippen molar-refractivity contribution in [3.63, 3.8) is 0 Å². The van der Waals surface area contributed by atoms with Crippen LogP contribution in [-0.2, 0) is 6.42 Å². The summed E-state index contributed by atoms with van der Waals surface area (Å²) in [6.45, 7) is 2.14. The van der Waals surface area contributed by atoms with Gasteiger partial charge in [0.05, 0.1) is 0 Å². The van der Waals surface area contributed by atoms with Crippen LogP contribution in [0, 0.1) is 0 Å². The average molecular weight is 274 g/mol. The quantitative estimate of drug-likeness (QED) is 0.839. The fourth-order valence-electron chi connectivity index (χ4n) is 2.09. The Balaban J connectivity index is 1.70. The van der Waals surface area contributed by atoms with Crippen LogP contribution in [0.4, 0.5) is 0 Å². The first kappa shape index (κ1) is 14.3. The van der Waals surface area contributed by atoms with Crippen molar-refractivity contribution in [3.8, 4) is 0 Å². The normalized spacial score (nSPS) is 12.8. The fraction of sp³-hybridized carbons (Fsp3) is 0.375. The lowest BCUT2D eigenvalue weighted by atomic mass is 10.0. The summed E-state index contributed by atoms with van der Waals surface area (Å²) in [4.78, 5) is 3.82. The van der Waals surface area contributed by atoms with Crippen LogP contribution in [0.25, 0.3) is 0 Å². The Labute approximate surface area is 119 Å². The molecule has 0 aliphatic heterocycles. The SMILES string of the molecule is CN(CCc1cccs1)CCC(N)c1ccccc1. The number of thiophene rings is 1. The van der Waals surface area contributed by atoms with Gasteiger partial charge in [0.15, 0.2) is 0 Å². The highest BCUT2D eigenvalue weighted by molar-refractivity contribution is 7.09. The minimum Gasteiger partial charge on any atom is -0.324 e. The molecule has 0 bridgehead atoms. The van der Waals surface area contributed by atoms with Crippen LogP contribution in [-0.4, -0.2) is 25.0 Å². The van der Waals surface area contributed by atoms with Crippen LogP contribution in [0.1, 0.15) is 22.9 Å². The van der Waals surface area contributed by atoms with Crippen LogP contribution in [0.5, 0.6) is 0 Å². The standard InChI is InChI=1S/C16H22N2S/c1-18(11-9-15-8-5-13-19-15)12-10-16(17)14-6-3-2-4-7-14/h2-8,13,16H,9-12,17H2,1H3. The molecule has 1 atom stereocenters. The Bertz CT molecular complexity index is 453. The lowest BCUT2D eigenvalue weighted by molar-refractivity contribution is 0.323. The maximum Gasteiger partial charge on any atom is 0.0307 e. The van der Waals surface area contributed by atoms with E-state index in [1.54, 1.807) is 0 Å². The summed E-state index contributed by atoms with van der Waals surface area (Å²) in [6, 6.07) is 14.8. The molecule has 1 aromatic carbocycles. The first-order valence-corrected chi connectivity index (χ1v) is 7.65. The molecule has 3 heteroatoms. The average Bonchev–Trinajstić information content (AvgIpc) is 2.96. The van der Waals surface area contributed by atoms with Crippen LogP contribution < -0.4 is 5.73 Å². The molecule has 0 aliphatic rings. The summed E-state index contributed by atoms with van der Waals surface area (Å²) < 4.78 is 0. The van der Waals surface area contributed by atoms with Gasteiger partial charge in [0.1, 0.15) is 0 Å². The minimum absolute atomic E-state index is 0.144. The van der Waals surface area contributed by atoms with Crippen molar-refractivity contribution in [1.29, 1.82) is 0 Å². The largest absolute Gasteiger partial charge is 0.324 e. The fourth-order valence-corrected chi connectivity index (χ4v) is 2.79. The van der Waals surface area contributed by atoms with Crippen molar-refractivity contribution in [2.75, 3.05) is 20.1 Å². The molecule has 1 unspecified atom stereocenters. The zero-order valence-electron chi connectivity index (χ0n) is 11.5. The van der Waals surface area contributed by atoms with E-state index in [2.05, 4.69) is 53.7 Å². The van der Waals surface area contributed by atoms with Gasteiger partial charge in [-0.05, 0) is 43.4 Å². The van der Waals surface area contributed by atoms with Gasteiger partial charge in [-0.3, -0.25) is 0 Å². The van der Waals surface area contributed by atoms with Gasteiger partial charge in [-0.1, -0.05) is 36.4 Å². The molecule has 19 heavy (non-hydrogen) atoms. The van der Waals surface area contributed by atoms with Gasteiger partial charge in [0, 0.05) is 17.5 Å². The van der Waals surface area contributed by atoms with Crippen molar-refractivity contribution < 1.29 is 0 Å². The van der Waals surface area contributed by atoms with Gasteiger partial charge >= 0.3 is 0 Å². The minimum atomic E-state index is 0.144. The Kier molecular flexibility index (Phi) is 5.58. The van der Waals surface area contributed by atoms with Gasteiger partial charge in [-0.15, -0.1) is 11.3 Å². The molecule has 2 N–H and O–H groups in total. The number of nitrogens with zero attached hydrogens (tertiary/aromatic N) is 1. The molecule has 0 saturated carbocycles. The molecule has 0 amide bonds. The molecule has 0 saturated heterocycles. The Hall–Kier alpha value is -1.16. The molecule has 1 heterocycles. The van der Waals surface area contributed by atoms with Crippen molar-refractivity contribution >= 4 is 11.3 Å². The summed E-state index contributed by atoms with van der Waals surface area (Å²) in [5.74, 6) is 0. The third-order valence-corrected chi connectivity index (χ3v) is 4.31. The zero-order chi connectivity index (χ0) is 13.5. The highest BCUT2D eigenvalue weighted by atomic mass is 32.1. The predicted octanol–water partition coefficient (Wildman–Crippen LogP) is 3.31. The van der Waals surface area contributed by atoms with E-state index < -0.39 is 0 Å². The molecule has 1 aromatic heterocycles. The number of nitrogens with two attached hydrogens (primary N) is 1. The van der Waals surface area contributed by atoms with Crippen molar-refractivity contribution in [2.45, 2.75) is 18.9 Å². The predicted molar refractivity (Wildman–Crippen MR) is 83.5 cm³/mol. The van der Waals surface area contributed by atoms with E-state index in [9.17, 15) is 0 Å². The van der Waals surface area contributed by atoms with Crippen LogP contribution in [0.15, 0.2) is 47.8 Å². The third-order valence-electron chi connectivity index (χ3n) is 3.37. The number of hydrogen-bond acceptors (Lipinski definition) is 3. The van der Waals surface area contributed by atoms with E-state index in [4.69, 9.17) is 5.73 Å². The van der Waals surface area contributed by atoms with E-state index in [-0.39, 0.29) is 6.04 Å². The van der Waals surface area contributed by atoms with Crippen molar-refractivity contribution in [1.82, 2.24) is 4.90 Å². The van der Waals surface area contributed by atoms with Crippen LogP contribution in [0.3, 0.4) is 0 Å². The zero-order valence-corrected chi connectivity index (χ0v) is 12.3. The summed E-state index contributed by atoms with van der Waals surface area (Å²) in [5.41, 5.74) is 7.44. The van der Waals surface area contributed by atoms with Gasteiger partial charge in [0.25, 0.3) is 0 Å². The summed E-state index contributed by atoms with van der Waals surface area (Å²) in [6.07, 6.45) is 2.14.